The van der Waals surface area contributed by atoms with Gasteiger partial charge < -0.3 is 24.8 Å². The van der Waals surface area contributed by atoms with E-state index in [2.05, 4.69) is 60.7 Å². The number of furan rings is 1. The third-order valence-corrected chi connectivity index (χ3v) is 5.48. The molecule has 0 spiro atoms. The molecule has 0 aliphatic heterocycles. The molecule has 0 N–H and O–H groups in total. The van der Waals surface area contributed by atoms with Gasteiger partial charge in [-0.1, -0.05) is 0 Å². The van der Waals surface area contributed by atoms with Gasteiger partial charge in [0.1, 0.15) is 0 Å². The average molecular weight is 419 g/mol. The first-order valence-electron chi connectivity index (χ1n) is 6.99. The van der Waals surface area contributed by atoms with Crippen LogP contribution in [-0.2, 0) is 24.7 Å². The zero-order chi connectivity index (χ0) is 14.2. The first-order valence-corrected chi connectivity index (χ1v) is 8.41. The Labute approximate surface area is 163 Å². The number of fused-ring (bicyclic) bond motifs is 1. The number of benzene rings is 2. The van der Waals surface area contributed by atoms with E-state index in [1.807, 2.05) is 6.07 Å². The van der Waals surface area contributed by atoms with Gasteiger partial charge in [0.2, 0.25) is 0 Å². The van der Waals surface area contributed by atoms with Crippen LogP contribution in [0.2, 0.25) is 0 Å². The number of allylic oxidation sites excluding steroid dienone is 1. The summed E-state index contributed by atoms with van der Waals surface area (Å²) in [4.78, 5) is 0. The molecular weight excluding hydrogens is 406 g/mol. The Morgan fingerprint density at radius 1 is 0.826 bits per heavy atom. The summed E-state index contributed by atoms with van der Waals surface area (Å²) in [5.74, 6) is 0.993. The molecule has 2 aromatic carbocycles. The van der Waals surface area contributed by atoms with E-state index in [1.165, 1.54) is 52.5 Å². The van der Waals surface area contributed by atoms with Gasteiger partial charge in [0.15, 0.2) is 0 Å². The van der Waals surface area contributed by atoms with Crippen LogP contribution in [0.4, 0.5) is 0 Å². The molecular formula is C19H13Cl2OZr. The van der Waals surface area contributed by atoms with Gasteiger partial charge in [0, 0.05) is 0 Å². The van der Waals surface area contributed by atoms with E-state index in [-0.39, 0.29) is 24.8 Å². The van der Waals surface area contributed by atoms with Crippen molar-refractivity contribution in [3.63, 3.8) is 0 Å². The maximum atomic E-state index is 5.61. The van der Waals surface area contributed by atoms with Crippen molar-refractivity contribution in [3.8, 4) is 11.1 Å². The molecule has 0 saturated heterocycles. The first kappa shape index (κ1) is 18.3. The predicted molar refractivity (Wildman–Crippen MR) is 81.2 cm³/mol. The molecule has 113 valence electrons. The molecule has 0 fully saturated rings. The Kier molecular flexibility index (Phi) is 6.08. The number of rotatable bonds is 2. The minimum absolute atomic E-state index is 0. The van der Waals surface area contributed by atoms with Crippen molar-refractivity contribution in [3.05, 3.63) is 83.8 Å². The molecule has 0 saturated carbocycles. The molecule has 1 aromatic heterocycles. The normalized spacial score (nSPS) is 15.2. The molecule has 1 nitrogen and oxygen atoms in total. The summed E-state index contributed by atoms with van der Waals surface area (Å²) in [6, 6.07) is 21.2. The zero-order valence-corrected chi connectivity index (χ0v) is 16.1. The Morgan fingerprint density at radius 2 is 1.61 bits per heavy atom. The summed E-state index contributed by atoms with van der Waals surface area (Å²) in [7, 11) is 0. The van der Waals surface area contributed by atoms with E-state index in [1.54, 1.807) is 6.26 Å². The van der Waals surface area contributed by atoms with Gasteiger partial charge in [-0.05, 0) is 0 Å². The van der Waals surface area contributed by atoms with Crippen LogP contribution in [0.1, 0.15) is 20.5 Å². The van der Waals surface area contributed by atoms with Crippen molar-refractivity contribution in [2.24, 2.45) is 0 Å². The van der Waals surface area contributed by atoms with Crippen LogP contribution < -0.4 is 24.8 Å². The van der Waals surface area contributed by atoms with Gasteiger partial charge in [0.25, 0.3) is 0 Å². The molecule has 3 aromatic rings. The monoisotopic (exact) mass is 417 g/mol. The van der Waals surface area contributed by atoms with Crippen molar-refractivity contribution >= 4 is 11.6 Å². The maximum absolute atomic E-state index is 5.61. The topological polar surface area (TPSA) is 13.1 Å². The summed E-state index contributed by atoms with van der Waals surface area (Å²) in [6.45, 7) is 0. The summed E-state index contributed by atoms with van der Waals surface area (Å²) in [6.07, 6.45) is 4.05. The van der Waals surface area contributed by atoms with Crippen molar-refractivity contribution < 1.29 is 54.0 Å². The van der Waals surface area contributed by atoms with Crippen molar-refractivity contribution in [2.45, 2.75) is 3.63 Å². The number of hydrogen-bond acceptors (Lipinski definition) is 1. The van der Waals surface area contributed by atoms with Crippen LogP contribution in [0.15, 0.2) is 71.3 Å². The Morgan fingerprint density at radius 3 is 2.30 bits per heavy atom. The van der Waals surface area contributed by atoms with Gasteiger partial charge >= 0.3 is 139 Å². The number of hydrogen-bond donors (Lipinski definition) is 0. The fraction of sp³-hybridized carbons (Fsp3) is 0.0526. The molecule has 1 atom stereocenters. The third kappa shape index (κ3) is 3.26. The molecule has 1 aliphatic carbocycles. The van der Waals surface area contributed by atoms with Crippen LogP contribution in [0.5, 0.6) is 0 Å². The minimum atomic E-state index is 0. The average Bonchev–Trinajstić information content (AvgIpc) is 3.16. The second-order valence-electron chi connectivity index (χ2n) is 5.18. The van der Waals surface area contributed by atoms with E-state index < -0.39 is 0 Å². The Balaban J connectivity index is 0.000000960. The predicted octanol–water partition coefficient (Wildman–Crippen LogP) is -0.903. The van der Waals surface area contributed by atoms with Crippen LogP contribution >= 0.6 is 0 Å². The standard InChI is InChI=1S/C19H13O.2ClH.Zr/c1-2-6-14(7-3-1)17-9-4-8-15-12-16(13-18(15)17)19-10-5-11-20-19;;;/h1-13H;2*1H;/q;;;+2/p-2. The summed E-state index contributed by atoms with van der Waals surface area (Å²) in [5.41, 5.74) is 6.64. The second-order valence-corrected chi connectivity index (χ2v) is 6.60. The molecule has 0 bridgehead atoms. The Hall–Kier alpha value is -1.08. The van der Waals surface area contributed by atoms with Crippen molar-refractivity contribution in [1.82, 2.24) is 0 Å². The van der Waals surface area contributed by atoms with E-state index >= 15 is 0 Å². The summed E-state index contributed by atoms with van der Waals surface area (Å²) < 4.78 is 6.07. The van der Waals surface area contributed by atoms with Gasteiger partial charge in [0.05, 0.1) is 0 Å². The number of halogens is 2. The fourth-order valence-corrected chi connectivity index (χ4v) is 4.10. The molecule has 1 aliphatic rings. The van der Waals surface area contributed by atoms with Gasteiger partial charge in [-0.15, -0.1) is 0 Å². The van der Waals surface area contributed by atoms with Gasteiger partial charge in [-0.25, -0.2) is 0 Å². The van der Waals surface area contributed by atoms with Crippen LogP contribution in [0.25, 0.3) is 22.8 Å². The molecule has 4 rings (SSSR count). The van der Waals surface area contributed by atoms with Crippen molar-refractivity contribution in [1.29, 1.82) is 0 Å². The fourth-order valence-electron chi connectivity index (χ4n) is 2.93. The van der Waals surface area contributed by atoms with Crippen LogP contribution in [-0.4, -0.2) is 0 Å². The van der Waals surface area contributed by atoms with Crippen LogP contribution in [0, 0.1) is 0 Å². The SMILES string of the molecule is [Cl-].[Cl-].[Zr+2][CH]1C(c2ccco2)=Cc2c(-c3ccccc3)cccc21. The molecule has 23 heavy (non-hydrogen) atoms. The van der Waals surface area contributed by atoms with E-state index in [4.69, 9.17) is 4.42 Å². The van der Waals surface area contributed by atoms with Crippen molar-refractivity contribution in [2.75, 3.05) is 0 Å². The summed E-state index contributed by atoms with van der Waals surface area (Å²) >= 11 is 1.50. The third-order valence-electron chi connectivity index (χ3n) is 3.95. The molecule has 0 amide bonds. The zero-order valence-electron chi connectivity index (χ0n) is 12.2. The van der Waals surface area contributed by atoms with Gasteiger partial charge in [-0.2, -0.15) is 0 Å². The van der Waals surface area contributed by atoms with E-state index in [0.717, 1.165) is 5.76 Å². The second kappa shape index (κ2) is 7.66. The summed E-state index contributed by atoms with van der Waals surface area (Å²) in [5, 5.41) is 0. The molecule has 1 heterocycles. The van der Waals surface area contributed by atoms with Crippen LogP contribution in [0.3, 0.4) is 0 Å². The Bertz CT molecular complexity index is 811. The van der Waals surface area contributed by atoms with E-state index in [0.29, 0.717) is 3.63 Å². The van der Waals surface area contributed by atoms with Gasteiger partial charge in [-0.3, -0.25) is 0 Å². The van der Waals surface area contributed by atoms with E-state index in [9.17, 15) is 0 Å². The molecule has 1 unspecified atom stereocenters. The quantitative estimate of drug-likeness (QED) is 0.525. The first-order chi connectivity index (χ1) is 10.3. The molecule has 4 heteroatoms. The molecule has 0 radical (unpaired) electrons.